The third kappa shape index (κ3) is 2.64. The average molecular weight is 246 g/mol. The highest BCUT2D eigenvalue weighted by atomic mass is 16.6. The molecule has 2 rings (SSSR count). The summed E-state index contributed by atoms with van der Waals surface area (Å²) in [5.41, 5.74) is 1.25. The maximum atomic E-state index is 11.8. The van der Waals surface area contributed by atoms with Crippen LogP contribution in [0.5, 0.6) is 0 Å². The first-order valence-electron chi connectivity index (χ1n) is 5.91. The Bertz CT molecular complexity index is 579. The molecule has 4 heteroatoms. The molecule has 0 fully saturated rings. The van der Waals surface area contributed by atoms with Crippen LogP contribution in [0.1, 0.15) is 20.8 Å². The Balaban J connectivity index is 2.27. The second-order valence-electron chi connectivity index (χ2n) is 5.30. The zero-order valence-electron chi connectivity index (χ0n) is 11.2. The molecule has 0 saturated heterocycles. The SMILES string of the molecule is Cn1ccc2cccc(NC(=O)OC(C)(C)C)c21. The van der Waals surface area contributed by atoms with Gasteiger partial charge in [-0.25, -0.2) is 4.79 Å². The second-order valence-corrected chi connectivity index (χ2v) is 5.30. The number of amides is 1. The van der Waals surface area contributed by atoms with E-state index in [2.05, 4.69) is 5.32 Å². The maximum absolute atomic E-state index is 11.8. The lowest BCUT2D eigenvalue weighted by atomic mass is 10.2. The fourth-order valence-corrected chi connectivity index (χ4v) is 1.87. The van der Waals surface area contributed by atoms with Crippen molar-refractivity contribution < 1.29 is 9.53 Å². The molecule has 0 atom stereocenters. The van der Waals surface area contributed by atoms with Crippen molar-refractivity contribution in [3.8, 4) is 0 Å². The van der Waals surface area contributed by atoms with Gasteiger partial charge < -0.3 is 9.30 Å². The maximum Gasteiger partial charge on any atom is 0.412 e. The number of fused-ring (bicyclic) bond motifs is 1. The second kappa shape index (κ2) is 4.37. The third-order valence-corrected chi connectivity index (χ3v) is 2.53. The Kier molecular flexibility index (Phi) is 3.03. The van der Waals surface area contributed by atoms with E-state index in [9.17, 15) is 4.79 Å². The molecule has 4 nitrogen and oxygen atoms in total. The molecule has 0 unspecified atom stereocenters. The lowest BCUT2D eigenvalue weighted by Crippen LogP contribution is -2.27. The molecule has 2 aromatic rings. The molecular weight excluding hydrogens is 228 g/mol. The normalized spacial score (nSPS) is 11.6. The van der Waals surface area contributed by atoms with E-state index in [1.165, 1.54) is 0 Å². The third-order valence-electron chi connectivity index (χ3n) is 2.53. The highest BCUT2D eigenvalue weighted by Crippen LogP contribution is 2.24. The summed E-state index contributed by atoms with van der Waals surface area (Å²) in [6, 6.07) is 7.80. The van der Waals surface area contributed by atoms with E-state index < -0.39 is 11.7 Å². The van der Waals surface area contributed by atoms with Crippen molar-refractivity contribution in [2.45, 2.75) is 26.4 Å². The number of nitrogens with zero attached hydrogens (tertiary/aromatic N) is 1. The number of ether oxygens (including phenoxy) is 1. The molecule has 1 N–H and O–H groups in total. The molecule has 0 aliphatic rings. The first-order chi connectivity index (χ1) is 8.37. The number of hydrogen-bond donors (Lipinski definition) is 1. The Morgan fingerprint density at radius 2 is 2.00 bits per heavy atom. The van der Waals surface area contributed by atoms with Gasteiger partial charge in [0.15, 0.2) is 0 Å². The fraction of sp³-hybridized carbons (Fsp3) is 0.357. The van der Waals surface area contributed by atoms with Gasteiger partial charge in [-0.05, 0) is 32.9 Å². The number of anilines is 1. The lowest BCUT2D eigenvalue weighted by molar-refractivity contribution is 0.0636. The van der Waals surface area contributed by atoms with Crippen molar-refractivity contribution in [2.75, 3.05) is 5.32 Å². The zero-order chi connectivity index (χ0) is 13.3. The Labute approximate surface area is 107 Å². The van der Waals surface area contributed by atoms with Gasteiger partial charge in [-0.1, -0.05) is 12.1 Å². The summed E-state index contributed by atoms with van der Waals surface area (Å²) in [5, 5.41) is 3.88. The number of para-hydroxylation sites is 1. The molecule has 18 heavy (non-hydrogen) atoms. The summed E-state index contributed by atoms with van der Waals surface area (Å²) in [6.45, 7) is 5.53. The van der Waals surface area contributed by atoms with Crippen molar-refractivity contribution in [3.05, 3.63) is 30.5 Å². The first-order valence-corrected chi connectivity index (χ1v) is 5.91. The highest BCUT2D eigenvalue weighted by Gasteiger charge is 2.17. The van der Waals surface area contributed by atoms with Crippen LogP contribution in [0.2, 0.25) is 0 Å². The van der Waals surface area contributed by atoms with Crippen LogP contribution in [0, 0.1) is 0 Å². The van der Waals surface area contributed by atoms with Crippen LogP contribution in [-0.2, 0) is 11.8 Å². The van der Waals surface area contributed by atoms with Gasteiger partial charge in [0.2, 0.25) is 0 Å². The molecule has 0 aliphatic heterocycles. The first kappa shape index (κ1) is 12.5. The molecule has 0 bridgehead atoms. The molecule has 0 spiro atoms. The summed E-state index contributed by atoms with van der Waals surface area (Å²) in [4.78, 5) is 11.8. The predicted octanol–water partition coefficient (Wildman–Crippen LogP) is 3.53. The van der Waals surface area contributed by atoms with Gasteiger partial charge in [-0.2, -0.15) is 0 Å². The zero-order valence-corrected chi connectivity index (χ0v) is 11.2. The number of benzene rings is 1. The Morgan fingerprint density at radius 3 is 2.67 bits per heavy atom. The van der Waals surface area contributed by atoms with Crippen LogP contribution in [0.3, 0.4) is 0 Å². The van der Waals surface area contributed by atoms with E-state index in [0.717, 1.165) is 16.6 Å². The number of aryl methyl sites for hydroxylation is 1. The Hall–Kier alpha value is -1.97. The van der Waals surface area contributed by atoms with Gasteiger partial charge in [0.1, 0.15) is 5.60 Å². The summed E-state index contributed by atoms with van der Waals surface area (Å²) < 4.78 is 7.22. The van der Waals surface area contributed by atoms with Crippen molar-refractivity contribution in [1.29, 1.82) is 0 Å². The van der Waals surface area contributed by atoms with E-state index in [0.29, 0.717) is 0 Å². The molecule has 1 aromatic carbocycles. The minimum Gasteiger partial charge on any atom is -0.444 e. The minimum atomic E-state index is -0.494. The van der Waals surface area contributed by atoms with Gasteiger partial charge in [0, 0.05) is 18.6 Å². The van der Waals surface area contributed by atoms with Gasteiger partial charge in [0.05, 0.1) is 11.2 Å². The summed E-state index contributed by atoms with van der Waals surface area (Å²) in [5.74, 6) is 0. The molecular formula is C14H18N2O2. The smallest absolute Gasteiger partial charge is 0.412 e. The van der Waals surface area contributed by atoms with Crippen LogP contribution >= 0.6 is 0 Å². The molecule has 1 amide bonds. The van der Waals surface area contributed by atoms with Crippen LogP contribution in [0.25, 0.3) is 10.9 Å². The number of carbonyl (C=O) groups is 1. The van der Waals surface area contributed by atoms with Crippen LogP contribution in [0.4, 0.5) is 10.5 Å². The van der Waals surface area contributed by atoms with Crippen LogP contribution < -0.4 is 5.32 Å². The number of rotatable bonds is 1. The van der Waals surface area contributed by atoms with E-state index in [-0.39, 0.29) is 0 Å². The fourth-order valence-electron chi connectivity index (χ4n) is 1.87. The standard InChI is InChI=1S/C14H18N2O2/c1-14(2,3)18-13(17)15-11-7-5-6-10-8-9-16(4)12(10)11/h5-9H,1-4H3,(H,15,17). The van der Waals surface area contributed by atoms with E-state index in [4.69, 9.17) is 4.74 Å². The van der Waals surface area contributed by atoms with Gasteiger partial charge >= 0.3 is 6.09 Å². The van der Waals surface area contributed by atoms with Crippen LogP contribution in [-0.4, -0.2) is 16.3 Å². The molecule has 0 aliphatic carbocycles. The highest BCUT2D eigenvalue weighted by molar-refractivity contribution is 5.98. The number of aromatic nitrogens is 1. The topological polar surface area (TPSA) is 43.3 Å². The monoisotopic (exact) mass is 246 g/mol. The number of carbonyl (C=O) groups excluding carboxylic acids is 1. The van der Waals surface area contributed by atoms with Crippen LogP contribution in [0.15, 0.2) is 30.5 Å². The van der Waals surface area contributed by atoms with Gasteiger partial charge in [-0.15, -0.1) is 0 Å². The number of nitrogens with one attached hydrogen (secondary N) is 1. The molecule has 0 radical (unpaired) electrons. The van der Waals surface area contributed by atoms with E-state index >= 15 is 0 Å². The summed E-state index contributed by atoms with van der Waals surface area (Å²) in [6.07, 6.45) is 1.53. The van der Waals surface area contributed by atoms with Gasteiger partial charge in [-0.3, -0.25) is 5.32 Å². The number of hydrogen-bond acceptors (Lipinski definition) is 2. The largest absolute Gasteiger partial charge is 0.444 e. The van der Waals surface area contributed by atoms with E-state index in [1.807, 2.05) is 62.8 Å². The predicted molar refractivity (Wildman–Crippen MR) is 72.8 cm³/mol. The molecule has 1 heterocycles. The summed E-state index contributed by atoms with van der Waals surface area (Å²) in [7, 11) is 1.95. The lowest BCUT2D eigenvalue weighted by Gasteiger charge is -2.20. The van der Waals surface area contributed by atoms with Crippen molar-refractivity contribution in [1.82, 2.24) is 4.57 Å². The van der Waals surface area contributed by atoms with Gasteiger partial charge in [0.25, 0.3) is 0 Å². The quantitative estimate of drug-likeness (QED) is 0.836. The molecule has 96 valence electrons. The van der Waals surface area contributed by atoms with Crippen molar-refractivity contribution in [2.24, 2.45) is 7.05 Å². The van der Waals surface area contributed by atoms with E-state index in [1.54, 1.807) is 0 Å². The van der Waals surface area contributed by atoms with Crippen molar-refractivity contribution in [3.63, 3.8) is 0 Å². The molecule has 0 saturated carbocycles. The average Bonchev–Trinajstić information content (AvgIpc) is 2.58. The Morgan fingerprint density at radius 1 is 1.28 bits per heavy atom. The van der Waals surface area contributed by atoms with Crippen molar-refractivity contribution >= 4 is 22.7 Å². The molecule has 1 aromatic heterocycles. The summed E-state index contributed by atoms with van der Waals surface area (Å²) >= 11 is 0. The minimum absolute atomic E-state index is 0.434.